The Labute approximate surface area is 148 Å². The molecule has 1 aliphatic rings. The van der Waals surface area contributed by atoms with Gasteiger partial charge in [-0.3, -0.25) is 4.98 Å². The maximum atomic E-state index is 5.86. The Bertz CT molecular complexity index is 787. The first-order valence-corrected chi connectivity index (χ1v) is 8.77. The van der Waals surface area contributed by atoms with Crippen LogP contribution in [0.3, 0.4) is 0 Å². The van der Waals surface area contributed by atoms with E-state index < -0.39 is 0 Å². The molecular formula is C22H22N2O. The van der Waals surface area contributed by atoms with Crippen LogP contribution >= 0.6 is 0 Å². The van der Waals surface area contributed by atoms with Gasteiger partial charge in [-0.05, 0) is 41.3 Å². The molecular weight excluding hydrogens is 308 g/mol. The van der Waals surface area contributed by atoms with E-state index >= 15 is 0 Å². The van der Waals surface area contributed by atoms with Crippen molar-refractivity contribution < 1.29 is 4.74 Å². The van der Waals surface area contributed by atoms with Gasteiger partial charge in [-0.1, -0.05) is 48.5 Å². The van der Waals surface area contributed by atoms with Crippen molar-refractivity contribution in [1.82, 2.24) is 10.3 Å². The van der Waals surface area contributed by atoms with E-state index in [2.05, 4.69) is 52.8 Å². The molecule has 1 heterocycles. The maximum Gasteiger partial charge on any atom is 0.119 e. The third-order valence-corrected chi connectivity index (χ3v) is 4.64. The van der Waals surface area contributed by atoms with Gasteiger partial charge in [-0.25, -0.2) is 0 Å². The van der Waals surface area contributed by atoms with E-state index in [-0.39, 0.29) is 0 Å². The second-order valence-electron chi connectivity index (χ2n) is 6.53. The highest BCUT2D eigenvalue weighted by Crippen LogP contribution is 2.41. The monoisotopic (exact) mass is 330 g/mol. The third-order valence-electron chi connectivity index (χ3n) is 4.64. The Morgan fingerprint density at radius 3 is 2.48 bits per heavy atom. The van der Waals surface area contributed by atoms with Gasteiger partial charge in [0.1, 0.15) is 12.4 Å². The van der Waals surface area contributed by atoms with Crippen molar-refractivity contribution in [3.05, 3.63) is 95.8 Å². The fraction of sp³-hybridized carbons (Fsp3) is 0.227. The molecule has 1 saturated carbocycles. The van der Waals surface area contributed by atoms with Gasteiger partial charge < -0.3 is 10.1 Å². The Kier molecular flexibility index (Phi) is 4.75. The predicted octanol–water partition coefficient (Wildman–Crippen LogP) is 4.31. The van der Waals surface area contributed by atoms with Gasteiger partial charge in [-0.2, -0.15) is 0 Å². The summed E-state index contributed by atoms with van der Waals surface area (Å²) in [5.41, 5.74) is 3.81. The summed E-state index contributed by atoms with van der Waals surface area (Å²) in [7, 11) is 0. The lowest BCUT2D eigenvalue weighted by Crippen LogP contribution is -2.17. The van der Waals surface area contributed by atoms with E-state index in [0.29, 0.717) is 18.6 Å². The van der Waals surface area contributed by atoms with E-state index in [9.17, 15) is 0 Å². The van der Waals surface area contributed by atoms with E-state index in [1.165, 1.54) is 23.1 Å². The van der Waals surface area contributed by atoms with E-state index in [4.69, 9.17) is 4.74 Å². The van der Waals surface area contributed by atoms with Crippen molar-refractivity contribution in [1.29, 1.82) is 0 Å². The lowest BCUT2D eigenvalue weighted by molar-refractivity contribution is 0.306. The Morgan fingerprint density at radius 2 is 1.72 bits per heavy atom. The number of benzene rings is 2. The topological polar surface area (TPSA) is 34.1 Å². The fourth-order valence-corrected chi connectivity index (χ4v) is 3.09. The first-order chi connectivity index (χ1) is 12.4. The first-order valence-electron chi connectivity index (χ1n) is 8.77. The number of ether oxygens (including phenoxy) is 1. The number of hydrogen-bond acceptors (Lipinski definition) is 3. The summed E-state index contributed by atoms with van der Waals surface area (Å²) >= 11 is 0. The van der Waals surface area contributed by atoms with E-state index in [1.807, 2.05) is 36.7 Å². The lowest BCUT2D eigenvalue weighted by atomic mass is 10.1. The van der Waals surface area contributed by atoms with Gasteiger partial charge in [0.15, 0.2) is 0 Å². The van der Waals surface area contributed by atoms with Gasteiger partial charge in [-0.15, -0.1) is 0 Å². The average molecular weight is 330 g/mol. The number of pyridine rings is 1. The van der Waals surface area contributed by atoms with Crippen LogP contribution in [0, 0.1) is 0 Å². The summed E-state index contributed by atoms with van der Waals surface area (Å²) in [6.45, 7) is 1.49. The zero-order valence-corrected chi connectivity index (χ0v) is 14.1. The van der Waals surface area contributed by atoms with Crippen LogP contribution in [-0.2, 0) is 13.2 Å². The van der Waals surface area contributed by atoms with Crippen LogP contribution in [0.15, 0.2) is 79.1 Å². The van der Waals surface area contributed by atoms with Crippen molar-refractivity contribution in [2.45, 2.75) is 31.5 Å². The van der Waals surface area contributed by atoms with Crippen molar-refractivity contribution in [3.8, 4) is 5.75 Å². The Balaban J connectivity index is 1.27. The molecule has 3 nitrogen and oxygen atoms in total. The summed E-state index contributed by atoms with van der Waals surface area (Å²) in [5.74, 6) is 1.54. The normalized spacial score (nSPS) is 18.7. The predicted molar refractivity (Wildman–Crippen MR) is 99.4 cm³/mol. The number of rotatable bonds is 7. The van der Waals surface area contributed by atoms with Gasteiger partial charge in [0, 0.05) is 30.9 Å². The molecule has 0 spiro atoms. The molecule has 126 valence electrons. The Hall–Kier alpha value is -2.65. The molecule has 0 saturated heterocycles. The summed E-state index contributed by atoms with van der Waals surface area (Å²) < 4.78 is 5.86. The van der Waals surface area contributed by atoms with E-state index in [0.717, 1.165) is 12.3 Å². The van der Waals surface area contributed by atoms with Crippen LogP contribution in [0.1, 0.15) is 29.0 Å². The highest BCUT2D eigenvalue weighted by molar-refractivity contribution is 5.34. The molecule has 2 unspecified atom stereocenters. The van der Waals surface area contributed by atoms with E-state index in [1.54, 1.807) is 0 Å². The van der Waals surface area contributed by atoms with Crippen molar-refractivity contribution in [2.24, 2.45) is 0 Å². The van der Waals surface area contributed by atoms with Crippen LogP contribution in [0.5, 0.6) is 5.75 Å². The fourth-order valence-electron chi connectivity index (χ4n) is 3.09. The smallest absolute Gasteiger partial charge is 0.119 e. The molecule has 2 aromatic carbocycles. The minimum atomic E-state index is 0.566. The van der Waals surface area contributed by atoms with Gasteiger partial charge in [0.2, 0.25) is 0 Å². The Morgan fingerprint density at radius 1 is 0.920 bits per heavy atom. The van der Waals surface area contributed by atoms with Crippen LogP contribution in [0.2, 0.25) is 0 Å². The average Bonchev–Trinajstić information content (AvgIpc) is 3.47. The number of hydrogen-bond donors (Lipinski definition) is 1. The molecule has 1 aliphatic carbocycles. The van der Waals surface area contributed by atoms with Crippen LogP contribution in [-0.4, -0.2) is 11.0 Å². The molecule has 0 radical (unpaired) electrons. The molecule has 0 amide bonds. The molecule has 25 heavy (non-hydrogen) atoms. The zero-order valence-electron chi connectivity index (χ0n) is 14.1. The molecule has 0 bridgehead atoms. The molecule has 1 aromatic heterocycles. The minimum Gasteiger partial charge on any atom is -0.489 e. The van der Waals surface area contributed by atoms with Gasteiger partial charge in [0.05, 0.1) is 0 Å². The highest BCUT2D eigenvalue weighted by Gasteiger charge is 2.37. The third kappa shape index (κ3) is 4.25. The van der Waals surface area contributed by atoms with Crippen molar-refractivity contribution in [2.75, 3.05) is 0 Å². The summed E-state index contributed by atoms with van der Waals surface area (Å²) in [6, 6.07) is 23.4. The maximum absolute atomic E-state index is 5.86. The molecule has 1 N–H and O–H groups in total. The second kappa shape index (κ2) is 7.49. The summed E-state index contributed by atoms with van der Waals surface area (Å²) in [6.07, 6.45) is 4.93. The van der Waals surface area contributed by atoms with Crippen molar-refractivity contribution >= 4 is 0 Å². The zero-order chi connectivity index (χ0) is 16.9. The quantitative estimate of drug-likeness (QED) is 0.701. The number of nitrogens with one attached hydrogen (secondary N) is 1. The lowest BCUT2D eigenvalue weighted by Gasteiger charge is -2.08. The molecule has 2 atom stereocenters. The summed E-state index contributed by atoms with van der Waals surface area (Å²) in [5, 5.41) is 3.61. The molecule has 4 rings (SSSR count). The summed E-state index contributed by atoms with van der Waals surface area (Å²) in [4.78, 5) is 4.16. The van der Waals surface area contributed by atoms with Crippen molar-refractivity contribution in [3.63, 3.8) is 0 Å². The largest absolute Gasteiger partial charge is 0.489 e. The second-order valence-corrected chi connectivity index (χ2v) is 6.53. The van der Waals surface area contributed by atoms with Gasteiger partial charge >= 0.3 is 0 Å². The molecule has 3 heteroatoms. The van der Waals surface area contributed by atoms with Crippen LogP contribution in [0.4, 0.5) is 0 Å². The SMILES string of the molecule is c1ccc(COc2ccc(C3CC3NCc3cccnc3)cc2)cc1. The highest BCUT2D eigenvalue weighted by atomic mass is 16.5. The van der Waals surface area contributed by atoms with Crippen LogP contribution in [0.25, 0.3) is 0 Å². The first kappa shape index (κ1) is 15.9. The van der Waals surface area contributed by atoms with Gasteiger partial charge in [0.25, 0.3) is 0 Å². The minimum absolute atomic E-state index is 0.566. The molecule has 3 aromatic rings. The number of aromatic nitrogens is 1. The molecule has 1 fully saturated rings. The number of nitrogens with zero attached hydrogens (tertiary/aromatic N) is 1. The molecule has 0 aliphatic heterocycles. The van der Waals surface area contributed by atoms with Crippen LogP contribution < -0.4 is 10.1 Å². The standard InChI is InChI=1S/C22H22N2O/c1-2-5-17(6-3-1)16-25-20-10-8-19(9-11-20)21-13-22(21)24-15-18-7-4-12-23-14-18/h1-12,14,21-22,24H,13,15-16H2.